The molecule has 1 aliphatic heterocycles. The van der Waals surface area contributed by atoms with E-state index in [0.29, 0.717) is 0 Å². The van der Waals surface area contributed by atoms with Gasteiger partial charge in [0.1, 0.15) is 11.9 Å². The van der Waals surface area contributed by atoms with E-state index in [0.717, 1.165) is 29.8 Å². The van der Waals surface area contributed by atoms with Crippen molar-refractivity contribution >= 4 is 17.6 Å². The molecule has 1 heterocycles. The second-order valence-corrected chi connectivity index (χ2v) is 9.99. The largest absolute Gasteiger partial charge is 0.497 e. The fourth-order valence-electron chi connectivity index (χ4n) is 5.90. The number of amides is 1. The van der Waals surface area contributed by atoms with Gasteiger partial charge < -0.3 is 14.8 Å². The summed E-state index contributed by atoms with van der Waals surface area (Å²) in [7, 11) is 1.64. The Morgan fingerprint density at radius 2 is 1.78 bits per heavy atom. The van der Waals surface area contributed by atoms with Crippen LogP contribution in [-0.4, -0.2) is 25.1 Å². The van der Waals surface area contributed by atoms with E-state index in [2.05, 4.69) is 25.2 Å². The molecule has 1 saturated carbocycles. The van der Waals surface area contributed by atoms with E-state index in [1.54, 1.807) is 7.11 Å². The van der Waals surface area contributed by atoms with Crippen molar-refractivity contribution in [3.8, 4) is 5.75 Å². The van der Waals surface area contributed by atoms with Crippen molar-refractivity contribution in [1.82, 2.24) is 0 Å². The molecule has 166 valence electrons. The van der Waals surface area contributed by atoms with Gasteiger partial charge in [-0.3, -0.25) is 9.59 Å². The first kappa shape index (κ1) is 20.8. The molecule has 0 spiro atoms. The quantitative estimate of drug-likeness (QED) is 0.549. The average Bonchev–Trinajstić information content (AvgIpc) is 3.09. The summed E-state index contributed by atoms with van der Waals surface area (Å²) in [6.45, 7) is 4.45. The Bertz CT molecular complexity index is 1060. The Labute approximate surface area is 188 Å². The zero-order valence-electron chi connectivity index (χ0n) is 18.7. The molecule has 0 radical (unpaired) electrons. The molecular formula is C27H29NO4. The lowest BCUT2D eigenvalue weighted by Gasteiger charge is -2.44. The molecule has 0 unspecified atom stereocenters. The van der Waals surface area contributed by atoms with Crippen molar-refractivity contribution < 1.29 is 19.1 Å². The molecule has 5 rings (SSSR count). The van der Waals surface area contributed by atoms with Gasteiger partial charge in [0.15, 0.2) is 0 Å². The maximum absolute atomic E-state index is 13.6. The van der Waals surface area contributed by atoms with Crippen molar-refractivity contribution in [1.29, 1.82) is 0 Å². The number of hydrogen-bond donors (Lipinski definition) is 1. The summed E-state index contributed by atoms with van der Waals surface area (Å²) in [6, 6.07) is 17.2. The lowest BCUT2D eigenvalue weighted by atomic mass is 9.58. The van der Waals surface area contributed by atoms with E-state index >= 15 is 0 Å². The first-order valence-corrected chi connectivity index (χ1v) is 11.3. The van der Waals surface area contributed by atoms with Crippen LogP contribution >= 0.6 is 0 Å². The highest BCUT2D eigenvalue weighted by molar-refractivity contribution is 5.97. The molecular weight excluding hydrogens is 402 g/mol. The summed E-state index contributed by atoms with van der Waals surface area (Å²) in [5.74, 6) is -0.838. The van der Waals surface area contributed by atoms with Crippen LogP contribution in [0.1, 0.15) is 38.2 Å². The summed E-state index contributed by atoms with van der Waals surface area (Å²) in [5.41, 5.74) is 3.05. The van der Waals surface area contributed by atoms with Crippen LogP contribution in [0.15, 0.2) is 66.2 Å². The molecule has 1 saturated heterocycles. The normalized spacial score (nSPS) is 30.0. The number of ether oxygens (including phenoxy) is 2. The zero-order valence-corrected chi connectivity index (χ0v) is 18.7. The molecule has 2 fully saturated rings. The topological polar surface area (TPSA) is 64.6 Å². The molecule has 1 amide bonds. The first-order chi connectivity index (χ1) is 15.4. The molecule has 2 aliphatic carbocycles. The van der Waals surface area contributed by atoms with Gasteiger partial charge in [0, 0.05) is 17.5 Å². The fourth-order valence-corrected chi connectivity index (χ4v) is 5.90. The third-order valence-electron chi connectivity index (χ3n) is 7.20. The molecule has 2 aromatic carbocycles. The van der Waals surface area contributed by atoms with Gasteiger partial charge in [-0.15, -0.1) is 0 Å². The number of anilines is 1. The molecule has 3 aliphatic rings. The van der Waals surface area contributed by atoms with Gasteiger partial charge in [0.25, 0.3) is 0 Å². The molecule has 0 bridgehead atoms. The standard InChI is InChI=1S/C27H29NO4/c1-27(2)14-17-13-20(16-9-11-19(31-3)12-10-16)23(24-22(17)21(15-27)32-26(24)30)25(29)28-18-7-5-4-6-8-18/h4-13,20-24H,14-15H2,1-3H3,(H,28,29)/t20-,21-,22+,23+,24-/m1/s1. The maximum Gasteiger partial charge on any atom is 0.310 e. The molecule has 1 N–H and O–H groups in total. The fraction of sp³-hybridized carbons (Fsp3) is 0.407. The Kier molecular flexibility index (Phi) is 5.07. The van der Waals surface area contributed by atoms with Crippen LogP contribution in [-0.2, 0) is 14.3 Å². The van der Waals surface area contributed by atoms with Crippen molar-refractivity contribution in [2.75, 3.05) is 12.4 Å². The van der Waals surface area contributed by atoms with Gasteiger partial charge in [-0.2, -0.15) is 0 Å². The Morgan fingerprint density at radius 3 is 2.47 bits per heavy atom. The number of methoxy groups -OCH3 is 1. The van der Waals surface area contributed by atoms with E-state index < -0.39 is 11.8 Å². The van der Waals surface area contributed by atoms with E-state index in [9.17, 15) is 9.59 Å². The number of allylic oxidation sites excluding steroid dienone is 1. The first-order valence-electron chi connectivity index (χ1n) is 11.3. The summed E-state index contributed by atoms with van der Waals surface area (Å²) < 4.78 is 11.2. The minimum atomic E-state index is -0.531. The van der Waals surface area contributed by atoms with E-state index in [1.807, 2.05) is 54.6 Å². The third kappa shape index (κ3) is 3.60. The second kappa shape index (κ2) is 7.80. The van der Waals surface area contributed by atoms with E-state index in [4.69, 9.17) is 9.47 Å². The molecule has 32 heavy (non-hydrogen) atoms. The molecule has 5 atom stereocenters. The highest BCUT2D eigenvalue weighted by Crippen LogP contribution is 2.56. The number of para-hydroxylation sites is 1. The number of nitrogens with one attached hydrogen (secondary N) is 1. The number of carbonyl (C=O) groups is 2. The number of carbonyl (C=O) groups excluding carboxylic acids is 2. The number of rotatable bonds is 4. The van der Waals surface area contributed by atoms with E-state index in [1.165, 1.54) is 5.57 Å². The molecule has 0 aromatic heterocycles. The monoisotopic (exact) mass is 431 g/mol. The molecule has 2 aromatic rings. The summed E-state index contributed by atoms with van der Waals surface area (Å²) >= 11 is 0. The van der Waals surface area contributed by atoms with Crippen LogP contribution in [0.25, 0.3) is 0 Å². The second-order valence-electron chi connectivity index (χ2n) is 9.99. The van der Waals surface area contributed by atoms with Crippen molar-refractivity contribution in [2.45, 2.75) is 38.7 Å². The average molecular weight is 432 g/mol. The SMILES string of the molecule is COc1ccc([C@H]2C=C3CC(C)(C)C[C@H]4OC(=O)[C@@H]([C@H]2C(=O)Nc2ccccc2)[C@@H]34)cc1. The van der Waals surface area contributed by atoms with Crippen LogP contribution < -0.4 is 10.1 Å². The Balaban J connectivity index is 1.58. The molecule has 5 heteroatoms. The smallest absolute Gasteiger partial charge is 0.310 e. The highest BCUT2D eigenvalue weighted by atomic mass is 16.6. The van der Waals surface area contributed by atoms with Crippen LogP contribution in [0.4, 0.5) is 5.69 Å². The summed E-state index contributed by atoms with van der Waals surface area (Å²) in [6.07, 6.45) is 3.85. The van der Waals surface area contributed by atoms with Crippen molar-refractivity contribution in [3.05, 3.63) is 71.8 Å². The summed E-state index contributed by atoms with van der Waals surface area (Å²) in [4.78, 5) is 26.8. The number of benzene rings is 2. The van der Waals surface area contributed by atoms with Gasteiger partial charge >= 0.3 is 5.97 Å². The number of esters is 1. The minimum absolute atomic E-state index is 0.0171. The predicted octanol–water partition coefficient (Wildman–Crippen LogP) is 4.95. The Hall–Kier alpha value is -3.08. The van der Waals surface area contributed by atoms with Gasteiger partial charge in [-0.05, 0) is 48.1 Å². The van der Waals surface area contributed by atoms with Gasteiger partial charge in [-0.25, -0.2) is 0 Å². The van der Waals surface area contributed by atoms with Gasteiger partial charge in [0.2, 0.25) is 5.91 Å². The van der Waals surface area contributed by atoms with Crippen molar-refractivity contribution in [2.24, 2.45) is 23.2 Å². The molecule has 5 nitrogen and oxygen atoms in total. The maximum atomic E-state index is 13.6. The van der Waals surface area contributed by atoms with Crippen molar-refractivity contribution in [3.63, 3.8) is 0 Å². The van der Waals surface area contributed by atoms with Gasteiger partial charge in [0.05, 0.1) is 18.9 Å². The lowest BCUT2D eigenvalue weighted by Crippen LogP contribution is -2.45. The van der Waals surface area contributed by atoms with Crippen LogP contribution in [0.5, 0.6) is 5.75 Å². The lowest BCUT2D eigenvalue weighted by molar-refractivity contribution is -0.148. The Morgan fingerprint density at radius 1 is 1.06 bits per heavy atom. The number of hydrogen-bond acceptors (Lipinski definition) is 4. The highest BCUT2D eigenvalue weighted by Gasteiger charge is 2.59. The predicted molar refractivity (Wildman–Crippen MR) is 122 cm³/mol. The third-order valence-corrected chi connectivity index (χ3v) is 7.20. The van der Waals surface area contributed by atoms with E-state index in [-0.39, 0.29) is 35.2 Å². The van der Waals surface area contributed by atoms with Crippen LogP contribution in [0.3, 0.4) is 0 Å². The summed E-state index contributed by atoms with van der Waals surface area (Å²) in [5, 5.41) is 3.05. The van der Waals surface area contributed by atoms with Gasteiger partial charge in [-0.1, -0.05) is 55.8 Å². The van der Waals surface area contributed by atoms with Crippen LogP contribution in [0.2, 0.25) is 0 Å². The zero-order chi connectivity index (χ0) is 22.5. The van der Waals surface area contributed by atoms with Crippen LogP contribution in [0, 0.1) is 23.2 Å². The minimum Gasteiger partial charge on any atom is -0.497 e.